The minimum atomic E-state index is -1.51. The maximum absolute atomic E-state index is 13.2. The first kappa shape index (κ1) is 20.0. The van der Waals surface area contributed by atoms with Gasteiger partial charge in [0.2, 0.25) is 5.95 Å². The first-order valence-electron chi connectivity index (χ1n) is 9.27. The van der Waals surface area contributed by atoms with Crippen molar-refractivity contribution in [3.8, 4) is 0 Å². The average molecular weight is 415 g/mol. The molecule has 0 aliphatic carbocycles. The summed E-state index contributed by atoms with van der Waals surface area (Å²) >= 11 is 0. The molecule has 0 unspecified atom stereocenters. The van der Waals surface area contributed by atoms with Crippen LogP contribution in [0.4, 0.5) is 5.95 Å². The average Bonchev–Trinajstić information content (AvgIpc) is 3.16. The number of nitrogens with one attached hydrogen (secondary N) is 1. The lowest BCUT2D eigenvalue weighted by Crippen LogP contribution is -2.36. The Morgan fingerprint density at radius 3 is 2.60 bits per heavy atom. The van der Waals surface area contributed by atoms with Crippen molar-refractivity contribution in [1.29, 1.82) is 0 Å². The summed E-state index contributed by atoms with van der Waals surface area (Å²) in [6.07, 6.45) is -1.87. The Labute approximate surface area is 169 Å². The maximum Gasteiger partial charge on any atom is 0.333 e. The number of benzene rings is 1. The summed E-state index contributed by atoms with van der Waals surface area (Å²) in [5.41, 5.74) is 5.10. The zero-order valence-electron chi connectivity index (χ0n) is 15.8. The van der Waals surface area contributed by atoms with Gasteiger partial charge in [-0.3, -0.25) is 14.3 Å². The summed E-state index contributed by atoms with van der Waals surface area (Å²) in [6, 6.07) is 9.40. The number of allylic oxidation sites excluding steroid dienone is 1. The van der Waals surface area contributed by atoms with E-state index in [4.69, 9.17) is 10.5 Å². The molecule has 0 bridgehead atoms. The Kier molecular flexibility index (Phi) is 5.26. The summed E-state index contributed by atoms with van der Waals surface area (Å²) in [5, 5.41) is 29.7. The van der Waals surface area contributed by atoms with Crippen LogP contribution in [0.3, 0.4) is 0 Å². The van der Waals surface area contributed by atoms with E-state index in [9.17, 15) is 24.9 Å². The highest BCUT2D eigenvalue weighted by atomic mass is 16.6. The lowest BCUT2D eigenvalue weighted by molar-refractivity contribution is -0.0527. The Morgan fingerprint density at radius 1 is 1.20 bits per heavy atom. The Balaban J connectivity index is 1.82. The van der Waals surface area contributed by atoms with E-state index in [2.05, 4.69) is 9.97 Å². The van der Waals surface area contributed by atoms with E-state index in [1.54, 1.807) is 12.2 Å². The van der Waals surface area contributed by atoms with Crippen molar-refractivity contribution in [2.75, 3.05) is 12.3 Å². The predicted octanol–water partition coefficient (Wildman–Crippen LogP) is -1.21. The second-order valence-corrected chi connectivity index (χ2v) is 6.93. The van der Waals surface area contributed by atoms with Gasteiger partial charge < -0.3 is 25.8 Å². The van der Waals surface area contributed by atoms with Gasteiger partial charge in [0.05, 0.1) is 6.61 Å². The van der Waals surface area contributed by atoms with Crippen LogP contribution in [0, 0.1) is 0 Å². The summed E-state index contributed by atoms with van der Waals surface area (Å²) in [5.74, 6) is -0.218. The number of aliphatic hydroxyl groups is 3. The molecule has 11 nitrogen and oxygen atoms in total. The van der Waals surface area contributed by atoms with Crippen LogP contribution >= 0.6 is 0 Å². The number of hydrogen-bond acceptors (Lipinski definition) is 8. The number of ether oxygens (including phenoxy) is 1. The second-order valence-electron chi connectivity index (χ2n) is 6.93. The zero-order valence-corrected chi connectivity index (χ0v) is 15.8. The molecular formula is C19H21N5O6. The van der Waals surface area contributed by atoms with Crippen LogP contribution in [-0.2, 0) is 11.3 Å². The van der Waals surface area contributed by atoms with Gasteiger partial charge in [0.25, 0.3) is 5.56 Å². The molecule has 3 heterocycles. The molecule has 1 saturated heterocycles. The first-order chi connectivity index (χ1) is 14.4. The number of aromatic amines is 1. The Hall–Kier alpha value is -3.25. The number of aliphatic hydroxyl groups excluding tert-OH is 3. The van der Waals surface area contributed by atoms with E-state index in [-0.39, 0.29) is 23.7 Å². The van der Waals surface area contributed by atoms with E-state index in [1.165, 1.54) is 4.57 Å². The van der Waals surface area contributed by atoms with Crippen LogP contribution in [0.25, 0.3) is 17.2 Å². The van der Waals surface area contributed by atoms with Gasteiger partial charge in [-0.25, -0.2) is 9.36 Å². The van der Waals surface area contributed by atoms with Gasteiger partial charge in [0, 0.05) is 6.54 Å². The molecule has 0 amide bonds. The Bertz CT molecular complexity index is 1200. The number of imidazole rings is 1. The number of H-pyrrole nitrogens is 1. The van der Waals surface area contributed by atoms with Crippen LogP contribution in [0.15, 0.2) is 46.0 Å². The first-order valence-corrected chi connectivity index (χ1v) is 9.27. The zero-order chi connectivity index (χ0) is 21.4. The highest BCUT2D eigenvalue weighted by molar-refractivity contribution is 5.72. The number of nitrogens with zero attached hydrogens (tertiary/aromatic N) is 3. The smallest absolute Gasteiger partial charge is 0.333 e. The molecular weight excluding hydrogens is 394 g/mol. The van der Waals surface area contributed by atoms with Crippen molar-refractivity contribution in [1.82, 2.24) is 19.1 Å². The maximum atomic E-state index is 13.2. The van der Waals surface area contributed by atoms with Gasteiger partial charge in [-0.1, -0.05) is 42.5 Å². The van der Waals surface area contributed by atoms with E-state index >= 15 is 0 Å². The Morgan fingerprint density at radius 2 is 1.93 bits per heavy atom. The fourth-order valence-electron chi connectivity index (χ4n) is 3.55. The van der Waals surface area contributed by atoms with Gasteiger partial charge in [-0.15, -0.1) is 0 Å². The molecule has 1 fully saturated rings. The fourth-order valence-corrected chi connectivity index (χ4v) is 3.55. The van der Waals surface area contributed by atoms with Crippen molar-refractivity contribution < 1.29 is 20.1 Å². The van der Waals surface area contributed by atoms with Crippen LogP contribution in [0.1, 0.15) is 11.8 Å². The number of nitrogens with two attached hydrogens (primary N) is 1. The molecule has 4 rings (SSSR count). The molecule has 0 spiro atoms. The molecule has 1 aliphatic rings. The number of rotatable bonds is 5. The van der Waals surface area contributed by atoms with Crippen molar-refractivity contribution in [3.05, 3.63) is 62.8 Å². The predicted molar refractivity (Wildman–Crippen MR) is 108 cm³/mol. The van der Waals surface area contributed by atoms with Gasteiger partial charge >= 0.3 is 5.69 Å². The number of fused-ring (bicyclic) bond motifs is 1. The third-order valence-electron chi connectivity index (χ3n) is 5.00. The quantitative estimate of drug-likeness (QED) is 0.346. The second kappa shape index (κ2) is 7.88. The van der Waals surface area contributed by atoms with E-state index in [1.807, 2.05) is 30.3 Å². The van der Waals surface area contributed by atoms with Crippen molar-refractivity contribution >= 4 is 23.2 Å². The molecule has 4 atom stereocenters. The highest BCUT2D eigenvalue weighted by Gasteiger charge is 2.45. The summed E-state index contributed by atoms with van der Waals surface area (Å²) in [7, 11) is 0. The monoisotopic (exact) mass is 415 g/mol. The molecule has 2 aromatic heterocycles. The van der Waals surface area contributed by atoms with Crippen LogP contribution < -0.4 is 17.0 Å². The number of hydrogen-bond donors (Lipinski definition) is 5. The van der Waals surface area contributed by atoms with Crippen molar-refractivity contribution in [3.63, 3.8) is 0 Å². The largest absolute Gasteiger partial charge is 0.394 e. The standard InChI is InChI=1S/C19H21N5O6/c20-18-21-15-12(16(28)22-18)23(8-4-7-10-5-2-1-3-6-10)19(29)24(15)17-14(27)13(26)11(9-25)30-17/h1-7,11,13-14,17,25-27H,8-9H2,(H3,20,21,22,28)/b7-4+/t11-,13-,14-,17-/m1/s1. The molecule has 1 aliphatic heterocycles. The minimum absolute atomic E-state index is 0.0424. The minimum Gasteiger partial charge on any atom is -0.394 e. The third-order valence-corrected chi connectivity index (χ3v) is 5.00. The van der Waals surface area contributed by atoms with Crippen molar-refractivity contribution in [2.45, 2.75) is 31.1 Å². The van der Waals surface area contributed by atoms with Crippen LogP contribution in [0.5, 0.6) is 0 Å². The van der Waals surface area contributed by atoms with Crippen LogP contribution in [0.2, 0.25) is 0 Å². The fraction of sp³-hybridized carbons (Fsp3) is 0.316. The number of aromatic nitrogens is 4. The molecule has 0 radical (unpaired) electrons. The molecule has 6 N–H and O–H groups in total. The normalized spacial score (nSPS) is 24.2. The van der Waals surface area contributed by atoms with E-state index < -0.39 is 42.4 Å². The molecule has 0 saturated carbocycles. The topological polar surface area (TPSA) is 169 Å². The molecule has 3 aromatic rings. The lowest BCUT2D eigenvalue weighted by Gasteiger charge is -2.15. The van der Waals surface area contributed by atoms with E-state index in [0.717, 1.165) is 10.1 Å². The van der Waals surface area contributed by atoms with Gasteiger partial charge in [-0.05, 0) is 5.56 Å². The number of nitrogen functional groups attached to an aromatic ring is 1. The van der Waals surface area contributed by atoms with Gasteiger partial charge in [0.15, 0.2) is 17.4 Å². The molecule has 11 heteroatoms. The summed E-state index contributed by atoms with van der Waals surface area (Å²) in [4.78, 5) is 32.1. The summed E-state index contributed by atoms with van der Waals surface area (Å²) in [6.45, 7) is -0.515. The molecule has 1 aromatic carbocycles. The van der Waals surface area contributed by atoms with E-state index in [0.29, 0.717) is 0 Å². The van der Waals surface area contributed by atoms with Crippen LogP contribution in [-0.4, -0.2) is 59.3 Å². The third kappa shape index (κ3) is 3.33. The lowest BCUT2D eigenvalue weighted by atomic mass is 10.1. The summed E-state index contributed by atoms with van der Waals surface area (Å²) < 4.78 is 7.61. The van der Waals surface area contributed by atoms with Crippen molar-refractivity contribution in [2.24, 2.45) is 0 Å². The molecule has 158 valence electrons. The van der Waals surface area contributed by atoms with Gasteiger partial charge in [-0.2, -0.15) is 4.98 Å². The highest BCUT2D eigenvalue weighted by Crippen LogP contribution is 2.30. The number of anilines is 1. The van der Waals surface area contributed by atoms with Gasteiger partial charge in [0.1, 0.15) is 18.3 Å². The molecule has 30 heavy (non-hydrogen) atoms. The SMILES string of the molecule is Nc1nc2c(c(=O)[nH]1)n(C/C=C/c1ccccc1)c(=O)n2[C@@H]1O[C@H](CO)[C@@H](O)[C@H]1O.